The maximum atomic E-state index is 11.4. The van der Waals surface area contributed by atoms with E-state index in [-0.39, 0.29) is 12.4 Å². The molecular weight excluding hydrogens is 357 g/mol. The van der Waals surface area contributed by atoms with Gasteiger partial charge in [0.1, 0.15) is 5.52 Å². The first kappa shape index (κ1) is 16.2. The van der Waals surface area contributed by atoms with Crippen molar-refractivity contribution in [2.75, 3.05) is 5.73 Å². The lowest BCUT2D eigenvalue weighted by molar-refractivity contribution is 0.0630. The Kier molecular flexibility index (Phi) is 3.81. The molecule has 3 heterocycles. The molecule has 0 amide bonds. The van der Waals surface area contributed by atoms with Crippen molar-refractivity contribution in [3.8, 4) is 0 Å². The summed E-state index contributed by atoms with van der Waals surface area (Å²) >= 11 is 6.21. The van der Waals surface area contributed by atoms with Crippen molar-refractivity contribution in [3.05, 3.63) is 12.0 Å². The van der Waals surface area contributed by atoms with E-state index in [9.17, 15) is 14.4 Å². The molecule has 1 aliphatic carbocycles. The van der Waals surface area contributed by atoms with E-state index >= 15 is 0 Å². The molecule has 2 fully saturated rings. The van der Waals surface area contributed by atoms with E-state index in [0.29, 0.717) is 23.6 Å². The predicted octanol–water partition coefficient (Wildman–Crippen LogP) is 1.19. The van der Waals surface area contributed by atoms with Crippen molar-refractivity contribution in [3.63, 3.8) is 0 Å². The fourth-order valence-electron chi connectivity index (χ4n) is 3.01. The molecule has 130 valence electrons. The summed E-state index contributed by atoms with van der Waals surface area (Å²) in [6.07, 6.45) is 3.31. The van der Waals surface area contributed by atoms with Gasteiger partial charge in [-0.1, -0.05) is 0 Å². The van der Waals surface area contributed by atoms with Crippen LogP contribution in [0.15, 0.2) is 6.33 Å². The van der Waals surface area contributed by atoms with Crippen molar-refractivity contribution < 1.29 is 19.1 Å². The zero-order valence-corrected chi connectivity index (χ0v) is 14.3. The van der Waals surface area contributed by atoms with Crippen molar-refractivity contribution >= 4 is 36.3 Å². The van der Waals surface area contributed by atoms with E-state index in [1.807, 2.05) is 0 Å². The van der Waals surface area contributed by atoms with Gasteiger partial charge in [-0.25, -0.2) is 9.97 Å². The molecule has 1 saturated heterocycles. The minimum Gasteiger partial charge on any atom is -0.368 e. The Balaban J connectivity index is 1.62. The smallest absolute Gasteiger partial charge is 0.354 e. The van der Waals surface area contributed by atoms with Gasteiger partial charge in [-0.15, -0.1) is 11.6 Å². The van der Waals surface area contributed by atoms with Gasteiger partial charge in [0.15, 0.2) is 11.5 Å². The van der Waals surface area contributed by atoms with Crippen LogP contribution >= 0.6 is 19.2 Å². The summed E-state index contributed by atoms with van der Waals surface area (Å²) in [5.74, 6) is -0.598. The summed E-state index contributed by atoms with van der Waals surface area (Å²) in [6, 6.07) is 0. The number of aromatic nitrogens is 4. The number of ether oxygens (including phenoxy) is 1. The van der Waals surface area contributed by atoms with Crippen molar-refractivity contribution in [1.82, 2.24) is 19.5 Å². The first-order valence-electron chi connectivity index (χ1n) is 7.66. The molecular formula is C13H17ClN5O4P. The fourth-order valence-corrected chi connectivity index (χ4v) is 4.26. The molecule has 0 radical (unpaired) electrons. The van der Waals surface area contributed by atoms with E-state index in [1.165, 1.54) is 0 Å². The molecule has 3 atom stereocenters. The Morgan fingerprint density at radius 1 is 1.42 bits per heavy atom. The van der Waals surface area contributed by atoms with Crippen LogP contribution in [0.3, 0.4) is 0 Å². The van der Waals surface area contributed by atoms with Crippen LogP contribution in [0.1, 0.15) is 30.9 Å². The number of nitrogen functional groups attached to an aromatic ring is 1. The second-order valence-electron chi connectivity index (χ2n) is 6.28. The summed E-state index contributed by atoms with van der Waals surface area (Å²) in [5.41, 5.74) is 7.97. The molecule has 0 aromatic carbocycles. The number of nitrogens with two attached hydrogens (primary N) is 1. The van der Waals surface area contributed by atoms with Crippen LogP contribution in [0.2, 0.25) is 0 Å². The lowest BCUT2D eigenvalue weighted by atomic mass is 10.2. The average molecular weight is 374 g/mol. The topological polar surface area (TPSA) is 136 Å². The summed E-state index contributed by atoms with van der Waals surface area (Å²) in [4.78, 5) is 31.5. The number of hydrogen-bond acceptors (Lipinski definition) is 6. The van der Waals surface area contributed by atoms with Crippen LogP contribution in [-0.4, -0.2) is 46.6 Å². The van der Waals surface area contributed by atoms with Crippen molar-refractivity contribution in [1.29, 1.82) is 0 Å². The maximum Gasteiger partial charge on any atom is 0.354 e. The third kappa shape index (κ3) is 2.91. The SMILES string of the molecule is Nc1nc(C2CC2)c2ncn(C[C@H]3O[C@@H](P(=O)(O)O)C[C@H]3Cl)c2n1. The van der Waals surface area contributed by atoms with Gasteiger partial charge in [-0.05, 0) is 12.8 Å². The quantitative estimate of drug-likeness (QED) is 0.537. The van der Waals surface area contributed by atoms with Crippen LogP contribution < -0.4 is 5.73 Å². The van der Waals surface area contributed by atoms with Gasteiger partial charge in [-0.3, -0.25) is 4.57 Å². The summed E-state index contributed by atoms with van der Waals surface area (Å²) in [7, 11) is -4.32. The monoisotopic (exact) mass is 373 g/mol. The highest BCUT2D eigenvalue weighted by Crippen LogP contribution is 2.49. The zero-order valence-electron chi connectivity index (χ0n) is 12.6. The second-order valence-corrected chi connectivity index (χ2v) is 8.60. The Morgan fingerprint density at radius 3 is 2.79 bits per heavy atom. The lowest BCUT2D eigenvalue weighted by Gasteiger charge is -2.16. The van der Waals surface area contributed by atoms with Crippen LogP contribution in [0.25, 0.3) is 11.2 Å². The van der Waals surface area contributed by atoms with Crippen LogP contribution in [0, 0.1) is 0 Å². The van der Waals surface area contributed by atoms with Gasteiger partial charge in [0.25, 0.3) is 0 Å². The lowest BCUT2D eigenvalue weighted by Crippen LogP contribution is -2.23. The normalized spacial score (nSPS) is 27.9. The molecule has 24 heavy (non-hydrogen) atoms. The molecule has 4 rings (SSSR count). The summed E-state index contributed by atoms with van der Waals surface area (Å²) in [5, 5.41) is -0.498. The van der Waals surface area contributed by atoms with Gasteiger partial charge < -0.3 is 24.8 Å². The highest BCUT2D eigenvalue weighted by atomic mass is 35.5. The van der Waals surface area contributed by atoms with E-state index in [1.54, 1.807) is 10.9 Å². The molecule has 1 aliphatic heterocycles. The van der Waals surface area contributed by atoms with Crippen LogP contribution in [-0.2, 0) is 15.8 Å². The van der Waals surface area contributed by atoms with Crippen molar-refractivity contribution in [2.24, 2.45) is 0 Å². The Bertz CT molecular complexity index is 835. The average Bonchev–Trinajstić information content (AvgIpc) is 3.17. The standard InChI is InChI=1S/C13H17ClN5O4P/c14-7-3-9(24(20,21)22)23-8(7)4-19-5-16-11-10(6-1-2-6)17-13(15)18-12(11)19/h5-9H,1-4H2,(H2,15,17,18)(H2,20,21,22)/t7-,8-,9+/m1/s1. The second kappa shape index (κ2) is 5.64. The largest absolute Gasteiger partial charge is 0.368 e. The number of alkyl halides is 1. The molecule has 2 aromatic rings. The molecule has 4 N–H and O–H groups in total. The third-order valence-electron chi connectivity index (χ3n) is 4.39. The number of rotatable bonds is 4. The molecule has 11 heteroatoms. The summed E-state index contributed by atoms with van der Waals surface area (Å²) < 4.78 is 18.6. The van der Waals surface area contributed by atoms with Gasteiger partial charge >= 0.3 is 7.60 Å². The van der Waals surface area contributed by atoms with E-state index in [2.05, 4.69) is 15.0 Å². The molecule has 2 aliphatic rings. The molecule has 2 aromatic heterocycles. The van der Waals surface area contributed by atoms with Gasteiger partial charge in [0.2, 0.25) is 5.95 Å². The van der Waals surface area contributed by atoms with Crippen molar-refractivity contribution in [2.45, 2.75) is 49.1 Å². The number of fused-ring (bicyclic) bond motifs is 1. The van der Waals surface area contributed by atoms with Crippen LogP contribution in [0.4, 0.5) is 5.95 Å². The predicted molar refractivity (Wildman–Crippen MR) is 86.7 cm³/mol. The van der Waals surface area contributed by atoms with Crippen LogP contribution in [0.5, 0.6) is 0 Å². The first-order valence-corrected chi connectivity index (χ1v) is 9.77. The number of halogens is 1. The van der Waals surface area contributed by atoms with E-state index in [0.717, 1.165) is 18.5 Å². The number of anilines is 1. The van der Waals surface area contributed by atoms with E-state index < -0.39 is 24.9 Å². The number of hydrogen-bond donors (Lipinski definition) is 3. The minimum absolute atomic E-state index is 0.105. The molecule has 0 bridgehead atoms. The number of imidazole rings is 1. The highest BCUT2D eigenvalue weighted by molar-refractivity contribution is 7.52. The van der Waals surface area contributed by atoms with Gasteiger partial charge in [0.05, 0.1) is 30.0 Å². The third-order valence-corrected chi connectivity index (χ3v) is 5.93. The molecule has 1 saturated carbocycles. The molecule has 9 nitrogen and oxygen atoms in total. The fraction of sp³-hybridized carbons (Fsp3) is 0.615. The zero-order chi connectivity index (χ0) is 17.1. The summed E-state index contributed by atoms with van der Waals surface area (Å²) in [6.45, 7) is 0.293. The molecule has 0 spiro atoms. The minimum atomic E-state index is -4.32. The van der Waals surface area contributed by atoms with Gasteiger partial charge in [-0.2, -0.15) is 4.98 Å². The number of nitrogens with zero attached hydrogens (tertiary/aromatic N) is 4. The van der Waals surface area contributed by atoms with Gasteiger partial charge in [0, 0.05) is 12.3 Å². The first-order chi connectivity index (χ1) is 11.3. The molecule has 0 unspecified atom stereocenters. The van der Waals surface area contributed by atoms with E-state index in [4.69, 9.17) is 22.1 Å². The Hall–Kier alpha value is -1.25. The Morgan fingerprint density at radius 2 is 2.17 bits per heavy atom. The Labute approximate surface area is 142 Å². The maximum absolute atomic E-state index is 11.4. The highest BCUT2D eigenvalue weighted by Gasteiger charge is 2.43.